The second-order valence-electron chi connectivity index (χ2n) is 8.22. The third-order valence-corrected chi connectivity index (χ3v) is 6.04. The molecule has 2 aromatic heterocycles. The summed E-state index contributed by atoms with van der Waals surface area (Å²) in [5.41, 5.74) is 0.169. The van der Waals surface area contributed by atoms with Crippen LogP contribution in [-0.2, 0) is 17.9 Å². The normalized spacial score (nSPS) is 15.8. The van der Waals surface area contributed by atoms with Gasteiger partial charge in [0.25, 0.3) is 5.56 Å². The molecule has 0 radical (unpaired) electrons. The van der Waals surface area contributed by atoms with Crippen LogP contribution in [-0.4, -0.2) is 32.9 Å². The number of nitrogens with one attached hydrogen (secondary N) is 1. The first-order chi connectivity index (χ1) is 15.6. The molecular weight excluding hydrogens is 412 g/mol. The van der Waals surface area contributed by atoms with E-state index in [1.807, 2.05) is 0 Å². The molecular formula is C23H24N4O5. The Bertz CT molecular complexity index is 1290. The Hall–Kier alpha value is -3.62. The van der Waals surface area contributed by atoms with Gasteiger partial charge >= 0.3 is 5.69 Å². The first-order valence-corrected chi connectivity index (χ1v) is 10.9. The van der Waals surface area contributed by atoms with Crippen LogP contribution < -0.4 is 26.0 Å². The van der Waals surface area contributed by atoms with Crippen LogP contribution in [0.4, 0.5) is 0 Å². The van der Waals surface area contributed by atoms with Crippen molar-refractivity contribution in [3.05, 3.63) is 62.9 Å². The van der Waals surface area contributed by atoms with Crippen molar-refractivity contribution in [2.75, 3.05) is 6.79 Å². The Morgan fingerprint density at radius 1 is 1.06 bits per heavy atom. The summed E-state index contributed by atoms with van der Waals surface area (Å²) in [6.07, 6.45) is 6.79. The minimum atomic E-state index is -0.549. The number of rotatable bonds is 5. The lowest BCUT2D eigenvalue weighted by Crippen LogP contribution is -2.44. The van der Waals surface area contributed by atoms with Gasteiger partial charge in [-0.1, -0.05) is 25.3 Å². The fourth-order valence-electron chi connectivity index (χ4n) is 4.42. The van der Waals surface area contributed by atoms with Crippen molar-refractivity contribution in [1.29, 1.82) is 0 Å². The predicted octanol–water partition coefficient (Wildman–Crippen LogP) is 1.78. The fraction of sp³-hybridized carbons (Fsp3) is 0.391. The molecule has 2 aliphatic rings. The molecule has 9 nitrogen and oxygen atoms in total. The molecule has 1 aliphatic heterocycles. The van der Waals surface area contributed by atoms with E-state index >= 15 is 0 Å². The number of aromatic nitrogens is 3. The monoisotopic (exact) mass is 436 g/mol. The zero-order valence-electron chi connectivity index (χ0n) is 17.6. The van der Waals surface area contributed by atoms with Crippen LogP contribution in [0.1, 0.15) is 37.7 Å². The second-order valence-corrected chi connectivity index (χ2v) is 8.22. The molecule has 166 valence electrons. The zero-order valence-corrected chi connectivity index (χ0v) is 17.6. The molecule has 3 aromatic rings. The SMILES string of the molecule is O=C(Cn1c(=O)n(Cc2ccc3c(c2)OCO3)c(=O)c2ncccc21)NC1CCCCC1. The lowest BCUT2D eigenvalue weighted by molar-refractivity contribution is -0.122. The molecule has 1 aromatic carbocycles. The summed E-state index contributed by atoms with van der Waals surface area (Å²) in [6, 6.07) is 8.70. The smallest absolute Gasteiger partial charge is 0.332 e. The predicted molar refractivity (Wildman–Crippen MR) is 117 cm³/mol. The number of hydrogen-bond donors (Lipinski definition) is 1. The molecule has 1 fully saturated rings. The summed E-state index contributed by atoms with van der Waals surface area (Å²) in [5, 5.41) is 3.03. The average molecular weight is 436 g/mol. The van der Waals surface area contributed by atoms with Gasteiger partial charge in [-0.15, -0.1) is 0 Å². The van der Waals surface area contributed by atoms with Crippen LogP contribution in [0.2, 0.25) is 0 Å². The molecule has 0 spiro atoms. The van der Waals surface area contributed by atoms with Crippen molar-refractivity contribution in [1.82, 2.24) is 19.4 Å². The molecule has 0 bridgehead atoms. The Morgan fingerprint density at radius 2 is 1.88 bits per heavy atom. The quantitative estimate of drug-likeness (QED) is 0.654. The number of amides is 1. The van der Waals surface area contributed by atoms with E-state index in [4.69, 9.17) is 9.47 Å². The third kappa shape index (κ3) is 3.86. The van der Waals surface area contributed by atoms with Crippen molar-refractivity contribution < 1.29 is 14.3 Å². The number of hydrogen-bond acceptors (Lipinski definition) is 6. The van der Waals surface area contributed by atoms with E-state index in [1.165, 1.54) is 17.2 Å². The van der Waals surface area contributed by atoms with Gasteiger partial charge in [-0.3, -0.25) is 18.7 Å². The molecule has 1 saturated carbocycles. The Labute approximate surface area is 183 Å². The van der Waals surface area contributed by atoms with Gasteiger partial charge in [0.2, 0.25) is 12.7 Å². The summed E-state index contributed by atoms with van der Waals surface area (Å²) in [6.45, 7) is 0.00551. The first-order valence-electron chi connectivity index (χ1n) is 10.9. The van der Waals surface area contributed by atoms with Crippen LogP contribution in [0.25, 0.3) is 11.0 Å². The van der Waals surface area contributed by atoms with Crippen molar-refractivity contribution in [2.24, 2.45) is 0 Å². The van der Waals surface area contributed by atoms with Crippen LogP contribution in [0.15, 0.2) is 46.1 Å². The number of fused-ring (bicyclic) bond motifs is 2. The van der Waals surface area contributed by atoms with Crippen molar-refractivity contribution >= 4 is 16.9 Å². The van der Waals surface area contributed by atoms with Gasteiger partial charge < -0.3 is 14.8 Å². The van der Waals surface area contributed by atoms with Gasteiger partial charge in [-0.2, -0.15) is 0 Å². The summed E-state index contributed by atoms with van der Waals surface area (Å²) in [5.74, 6) is 0.956. The number of carbonyl (C=O) groups is 1. The molecule has 1 aliphatic carbocycles. The van der Waals surface area contributed by atoms with Crippen LogP contribution in [0, 0.1) is 0 Å². The maximum absolute atomic E-state index is 13.3. The van der Waals surface area contributed by atoms with Crippen molar-refractivity contribution in [3.63, 3.8) is 0 Å². The van der Waals surface area contributed by atoms with Crippen LogP contribution in [0.3, 0.4) is 0 Å². The molecule has 0 saturated heterocycles. The van der Waals surface area contributed by atoms with Crippen molar-refractivity contribution in [2.45, 2.75) is 51.2 Å². The largest absolute Gasteiger partial charge is 0.454 e. The number of ether oxygens (including phenoxy) is 2. The van der Waals surface area contributed by atoms with Gasteiger partial charge in [-0.05, 0) is 42.7 Å². The van der Waals surface area contributed by atoms with E-state index in [1.54, 1.807) is 30.3 Å². The van der Waals surface area contributed by atoms with Crippen LogP contribution in [0.5, 0.6) is 11.5 Å². The van der Waals surface area contributed by atoms with E-state index in [0.29, 0.717) is 22.6 Å². The summed E-state index contributed by atoms with van der Waals surface area (Å²) >= 11 is 0. The summed E-state index contributed by atoms with van der Waals surface area (Å²) < 4.78 is 13.2. The lowest BCUT2D eigenvalue weighted by Gasteiger charge is -2.23. The molecule has 3 heterocycles. The van der Waals surface area contributed by atoms with Crippen molar-refractivity contribution in [3.8, 4) is 11.5 Å². The highest BCUT2D eigenvalue weighted by molar-refractivity contribution is 5.79. The summed E-state index contributed by atoms with van der Waals surface area (Å²) in [7, 11) is 0. The Balaban J connectivity index is 1.50. The lowest BCUT2D eigenvalue weighted by atomic mass is 9.95. The highest BCUT2D eigenvalue weighted by atomic mass is 16.7. The minimum Gasteiger partial charge on any atom is -0.454 e. The number of nitrogens with zero attached hydrogens (tertiary/aromatic N) is 3. The maximum atomic E-state index is 13.3. The van der Waals surface area contributed by atoms with E-state index in [2.05, 4.69) is 10.3 Å². The van der Waals surface area contributed by atoms with Gasteiger partial charge in [0.05, 0.1) is 12.1 Å². The third-order valence-electron chi connectivity index (χ3n) is 6.04. The van der Waals surface area contributed by atoms with E-state index < -0.39 is 11.2 Å². The Kier molecular flexibility index (Phi) is 5.38. The minimum absolute atomic E-state index is 0.0328. The Morgan fingerprint density at radius 3 is 2.72 bits per heavy atom. The molecule has 1 N–H and O–H groups in total. The molecule has 1 amide bonds. The van der Waals surface area contributed by atoms with Gasteiger partial charge in [-0.25, -0.2) is 9.78 Å². The fourth-order valence-corrected chi connectivity index (χ4v) is 4.42. The first kappa shape index (κ1) is 20.3. The van der Waals surface area contributed by atoms with E-state index in [0.717, 1.165) is 30.3 Å². The average Bonchev–Trinajstić information content (AvgIpc) is 3.28. The number of benzene rings is 1. The van der Waals surface area contributed by atoms with Gasteiger partial charge in [0.15, 0.2) is 17.0 Å². The van der Waals surface area contributed by atoms with Gasteiger partial charge in [0, 0.05) is 12.2 Å². The number of carbonyl (C=O) groups excluding carboxylic acids is 1. The number of pyridine rings is 1. The van der Waals surface area contributed by atoms with E-state index in [-0.39, 0.29) is 37.3 Å². The second kappa shape index (κ2) is 8.49. The topological polar surface area (TPSA) is 104 Å². The van der Waals surface area contributed by atoms with E-state index in [9.17, 15) is 14.4 Å². The highest BCUT2D eigenvalue weighted by Gasteiger charge is 2.20. The molecule has 0 unspecified atom stereocenters. The summed E-state index contributed by atoms with van der Waals surface area (Å²) in [4.78, 5) is 43.4. The molecule has 5 rings (SSSR count). The maximum Gasteiger partial charge on any atom is 0.332 e. The molecule has 9 heteroatoms. The molecule has 32 heavy (non-hydrogen) atoms. The molecule has 0 atom stereocenters. The van der Waals surface area contributed by atoms with Crippen LogP contribution >= 0.6 is 0 Å². The zero-order chi connectivity index (χ0) is 22.1. The standard InChI is InChI=1S/C23H24N4O5/c28-20(25-16-5-2-1-3-6-16)13-26-17-7-4-10-24-21(17)22(29)27(23(26)30)12-15-8-9-18-19(11-15)32-14-31-18/h4,7-11,16H,1-3,5-6,12-14H2,(H,25,28). The highest BCUT2D eigenvalue weighted by Crippen LogP contribution is 2.32. The van der Waals surface area contributed by atoms with Gasteiger partial charge in [0.1, 0.15) is 6.54 Å².